The molecule has 1 aliphatic carbocycles. The van der Waals surface area contributed by atoms with Crippen LogP contribution >= 0.6 is 11.3 Å². The number of carbonyl (C=O) groups is 1. The fourth-order valence-electron chi connectivity index (χ4n) is 5.08. The third-order valence-corrected chi connectivity index (χ3v) is 8.20. The Morgan fingerprint density at radius 1 is 1.14 bits per heavy atom. The van der Waals surface area contributed by atoms with Crippen molar-refractivity contribution in [1.29, 1.82) is 0 Å². The third kappa shape index (κ3) is 6.55. The highest BCUT2D eigenvalue weighted by Gasteiger charge is 2.34. The van der Waals surface area contributed by atoms with E-state index in [0.29, 0.717) is 38.6 Å². The van der Waals surface area contributed by atoms with E-state index in [-0.39, 0.29) is 11.9 Å². The first-order chi connectivity index (χ1) is 17.5. The summed E-state index contributed by atoms with van der Waals surface area (Å²) in [6, 6.07) is 20.2. The van der Waals surface area contributed by atoms with Gasteiger partial charge in [0.25, 0.3) is 0 Å². The van der Waals surface area contributed by atoms with E-state index in [9.17, 15) is 9.90 Å². The van der Waals surface area contributed by atoms with Crippen LogP contribution in [0.2, 0.25) is 0 Å². The molecule has 36 heavy (non-hydrogen) atoms. The van der Waals surface area contributed by atoms with Crippen LogP contribution in [0.3, 0.4) is 0 Å². The van der Waals surface area contributed by atoms with Gasteiger partial charge in [0.15, 0.2) is 0 Å². The number of carbonyl (C=O) groups excluding carboxylic acids is 1. The first-order valence-corrected chi connectivity index (χ1v) is 13.9. The second-order valence-electron chi connectivity index (χ2n) is 10.3. The molecule has 2 heterocycles. The summed E-state index contributed by atoms with van der Waals surface area (Å²) in [4.78, 5) is 19.2. The number of rotatable bonds is 11. The quantitative estimate of drug-likeness (QED) is 0.405. The predicted molar refractivity (Wildman–Crippen MR) is 144 cm³/mol. The number of aliphatic hydroxyl groups is 1. The summed E-state index contributed by atoms with van der Waals surface area (Å²) in [7, 11) is 0. The molecule has 1 amide bonds. The van der Waals surface area contributed by atoms with Crippen LogP contribution in [0.15, 0.2) is 66.0 Å². The molecule has 1 fully saturated rings. The molecule has 0 unspecified atom stereocenters. The minimum atomic E-state index is -0.496. The minimum absolute atomic E-state index is 0.0918. The van der Waals surface area contributed by atoms with Gasteiger partial charge in [-0.25, -0.2) is 0 Å². The fraction of sp³-hybridized carbons (Fsp3) is 0.433. The SMILES string of the molecule is Cc1ccc(OC[C@H]2c3ccsc3CCN2C(=O)CN(CC2CC2)C[C@H](O)Cc2ccccc2)cc1. The standard InChI is InChI=1S/C30H36N2O3S/c1-22-7-11-26(12-8-22)35-21-28-27-14-16-36-29(27)13-15-32(28)30(34)20-31(18-24-9-10-24)19-25(33)17-23-5-3-2-4-6-23/h2-8,11-12,14,16,24-25,28,33H,9-10,13,15,17-21H2,1H3/t25-,28+/m1/s1. The Morgan fingerprint density at radius 2 is 1.92 bits per heavy atom. The van der Waals surface area contributed by atoms with Crippen LogP contribution in [0.25, 0.3) is 0 Å². The van der Waals surface area contributed by atoms with E-state index >= 15 is 0 Å². The maximum absolute atomic E-state index is 13.7. The largest absolute Gasteiger partial charge is 0.491 e. The molecule has 5 rings (SSSR count). The first-order valence-electron chi connectivity index (χ1n) is 13.0. The van der Waals surface area contributed by atoms with E-state index in [4.69, 9.17) is 4.74 Å². The number of aryl methyl sites for hydroxylation is 1. The Balaban J connectivity index is 1.25. The molecule has 0 saturated heterocycles. The van der Waals surface area contributed by atoms with Crippen molar-refractivity contribution < 1.29 is 14.6 Å². The van der Waals surface area contributed by atoms with Gasteiger partial charge < -0.3 is 14.7 Å². The lowest BCUT2D eigenvalue weighted by Crippen LogP contribution is -2.48. The van der Waals surface area contributed by atoms with E-state index < -0.39 is 6.10 Å². The summed E-state index contributed by atoms with van der Waals surface area (Å²) < 4.78 is 6.17. The van der Waals surface area contributed by atoms with Crippen molar-refractivity contribution in [2.75, 3.05) is 32.8 Å². The van der Waals surface area contributed by atoms with E-state index in [1.807, 2.05) is 59.5 Å². The molecule has 0 bridgehead atoms. The van der Waals surface area contributed by atoms with E-state index in [2.05, 4.69) is 23.3 Å². The molecule has 2 aliphatic rings. The molecule has 6 heteroatoms. The molecule has 2 aromatic carbocycles. The van der Waals surface area contributed by atoms with Gasteiger partial charge in [0.1, 0.15) is 12.4 Å². The average molecular weight is 505 g/mol. The lowest BCUT2D eigenvalue weighted by Gasteiger charge is -2.37. The number of aliphatic hydroxyl groups excluding tert-OH is 1. The lowest BCUT2D eigenvalue weighted by molar-refractivity contribution is -0.136. The summed E-state index contributed by atoms with van der Waals surface area (Å²) in [6.45, 7) is 4.94. The molecule has 0 radical (unpaired) electrons. The van der Waals surface area contributed by atoms with Crippen LogP contribution in [0.5, 0.6) is 5.75 Å². The molecule has 1 N–H and O–H groups in total. The Labute approximate surface area is 218 Å². The monoisotopic (exact) mass is 504 g/mol. The highest BCUT2D eigenvalue weighted by Crippen LogP contribution is 2.34. The lowest BCUT2D eigenvalue weighted by atomic mass is 10.00. The fourth-order valence-corrected chi connectivity index (χ4v) is 6.01. The molecule has 0 spiro atoms. The molecule has 3 aromatic rings. The normalized spacial score (nSPS) is 18.2. The van der Waals surface area contributed by atoms with Gasteiger partial charge in [0.05, 0.1) is 18.7 Å². The van der Waals surface area contributed by atoms with Crippen LogP contribution in [-0.4, -0.2) is 59.7 Å². The zero-order valence-corrected chi connectivity index (χ0v) is 21.8. The van der Waals surface area contributed by atoms with Gasteiger partial charge in [-0.1, -0.05) is 48.0 Å². The van der Waals surface area contributed by atoms with Gasteiger partial charge in [-0.15, -0.1) is 11.3 Å². The maximum Gasteiger partial charge on any atom is 0.237 e. The maximum atomic E-state index is 13.7. The summed E-state index contributed by atoms with van der Waals surface area (Å²) in [5.74, 6) is 1.60. The Morgan fingerprint density at radius 3 is 2.67 bits per heavy atom. The number of ether oxygens (including phenoxy) is 1. The highest BCUT2D eigenvalue weighted by molar-refractivity contribution is 7.10. The summed E-state index contributed by atoms with van der Waals surface area (Å²) in [6.07, 6.45) is 3.43. The van der Waals surface area contributed by atoms with Crippen LogP contribution in [0, 0.1) is 12.8 Å². The van der Waals surface area contributed by atoms with Gasteiger partial charge >= 0.3 is 0 Å². The van der Waals surface area contributed by atoms with Crippen molar-refractivity contribution in [3.05, 3.63) is 87.6 Å². The number of nitrogens with zero attached hydrogens (tertiary/aromatic N) is 2. The average Bonchev–Trinajstić information content (AvgIpc) is 3.55. The van der Waals surface area contributed by atoms with Crippen molar-refractivity contribution in [2.45, 2.75) is 44.8 Å². The zero-order valence-electron chi connectivity index (χ0n) is 21.0. The Kier molecular flexibility index (Phi) is 8.05. The topological polar surface area (TPSA) is 53.0 Å². The second kappa shape index (κ2) is 11.6. The predicted octanol–water partition coefficient (Wildman–Crippen LogP) is 4.88. The van der Waals surface area contributed by atoms with Crippen molar-refractivity contribution in [2.24, 2.45) is 5.92 Å². The van der Waals surface area contributed by atoms with Crippen LogP contribution < -0.4 is 4.74 Å². The molecule has 5 nitrogen and oxygen atoms in total. The van der Waals surface area contributed by atoms with Gasteiger partial charge in [-0.2, -0.15) is 0 Å². The number of fused-ring (bicyclic) bond motifs is 1. The molecule has 1 aromatic heterocycles. The zero-order chi connectivity index (χ0) is 24.9. The van der Waals surface area contributed by atoms with Crippen LogP contribution in [0.1, 0.15) is 40.5 Å². The van der Waals surface area contributed by atoms with E-state index in [1.165, 1.54) is 28.8 Å². The Bertz CT molecular complexity index is 1130. The Hall–Kier alpha value is -2.67. The van der Waals surface area contributed by atoms with Crippen LogP contribution in [-0.2, 0) is 17.6 Å². The van der Waals surface area contributed by atoms with Crippen molar-refractivity contribution in [1.82, 2.24) is 9.80 Å². The number of hydrogen-bond donors (Lipinski definition) is 1. The minimum Gasteiger partial charge on any atom is -0.491 e. The first kappa shape index (κ1) is 25.0. The number of benzene rings is 2. The smallest absolute Gasteiger partial charge is 0.237 e. The summed E-state index contributed by atoms with van der Waals surface area (Å²) in [5, 5.41) is 13.0. The van der Waals surface area contributed by atoms with Gasteiger partial charge in [-0.05, 0) is 73.2 Å². The van der Waals surface area contributed by atoms with Crippen LogP contribution in [0.4, 0.5) is 0 Å². The van der Waals surface area contributed by atoms with Crippen molar-refractivity contribution in [3.63, 3.8) is 0 Å². The number of hydrogen-bond acceptors (Lipinski definition) is 5. The molecule has 190 valence electrons. The number of thiophene rings is 1. The van der Waals surface area contributed by atoms with Crippen molar-refractivity contribution >= 4 is 17.2 Å². The van der Waals surface area contributed by atoms with Crippen molar-refractivity contribution in [3.8, 4) is 5.75 Å². The number of amides is 1. The van der Waals surface area contributed by atoms with Gasteiger partial charge in [0, 0.05) is 24.5 Å². The molecule has 1 saturated carbocycles. The molecule has 1 aliphatic heterocycles. The second-order valence-corrected chi connectivity index (χ2v) is 11.3. The highest BCUT2D eigenvalue weighted by atomic mass is 32.1. The summed E-state index contributed by atoms with van der Waals surface area (Å²) in [5.41, 5.74) is 3.53. The van der Waals surface area contributed by atoms with Gasteiger partial charge in [-0.3, -0.25) is 9.69 Å². The van der Waals surface area contributed by atoms with Gasteiger partial charge in [0.2, 0.25) is 5.91 Å². The molecular weight excluding hydrogens is 468 g/mol. The molecular formula is C30H36N2O3S. The van der Waals surface area contributed by atoms with E-state index in [1.54, 1.807) is 11.3 Å². The third-order valence-electron chi connectivity index (χ3n) is 7.20. The van der Waals surface area contributed by atoms with E-state index in [0.717, 1.165) is 24.3 Å². The molecule has 2 atom stereocenters. The summed E-state index contributed by atoms with van der Waals surface area (Å²) >= 11 is 1.77.